The van der Waals surface area contributed by atoms with E-state index in [4.69, 9.17) is 9.84 Å². The molecular formula is C12H15FO3. The number of halogens is 1. The molecule has 1 N–H and O–H groups in total. The van der Waals surface area contributed by atoms with Crippen molar-refractivity contribution in [2.45, 2.75) is 19.8 Å². The molecule has 0 fully saturated rings. The summed E-state index contributed by atoms with van der Waals surface area (Å²) in [4.78, 5) is 11.4. The molecule has 1 atom stereocenters. The molecule has 3 nitrogen and oxygen atoms in total. The topological polar surface area (TPSA) is 46.5 Å². The maximum Gasteiger partial charge on any atom is 0.311 e. The van der Waals surface area contributed by atoms with Gasteiger partial charge < -0.3 is 9.84 Å². The van der Waals surface area contributed by atoms with Gasteiger partial charge in [-0.2, -0.15) is 0 Å². The number of para-hydroxylation sites is 1. The molecule has 0 aliphatic carbocycles. The third-order valence-electron chi connectivity index (χ3n) is 2.20. The summed E-state index contributed by atoms with van der Waals surface area (Å²) in [7, 11) is 0. The molecule has 1 aromatic carbocycles. The van der Waals surface area contributed by atoms with Crippen molar-refractivity contribution in [1.29, 1.82) is 0 Å². The van der Waals surface area contributed by atoms with Gasteiger partial charge in [-0.3, -0.25) is 4.79 Å². The summed E-state index contributed by atoms with van der Waals surface area (Å²) < 4.78 is 18.0. The molecule has 4 heteroatoms. The molecule has 88 valence electrons. The van der Waals surface area contributed by atoms with Crippen LogP contribution in [0.15, 0.2) is 24.3 Å². The van der Waals surface area contributed by atoms with Crippen LogP contribution in [-0.4, -0.2) is 17.7 Å². The zero-order valence-electron chi connectivity index (χ0n) is 9.15. The van der Waals surface area contributed by atoms with Gasteiger partial charge in [0.05, 0.1) is 0 Å². The van der Waals surface area contributed by atoms with Crippen molar-refractivity contribution in [2.75, 3.05) is 6.61 Å². The Kier molecular flexibility index (Phi) is 4.92. The van der Waals surface area contributed by atoms with Crippen LogP contribution >= 0.6 is 0 Å². The van der Waals surface area contributed by atoms with Crippen LogP contribution in [0.5, 0.6) is 5.75 Å². The fraction of sp³-hybridized carbons (Fsp3) is 0.417. The second-order valence-corrected chi connectivity index (χ2v) is 3.73. The summed E-state index contributed by atoms with van der Waals surface area (Å²) in [5.41, 5.74) is 0. The number of hydrogen-bond donors (Lipinski definition) is 1. The summed E-state index contributed by atoms with van der Waals surface area (Å²) in [5, 5.41) is 8.67. The minimum absolute atomic E-state index is 0.0317. The number of rotatable bonds is 5. The molecule has 16 heavy (non-hydrogen) atoms. The van der Waals surface area contributed by atoms with Gasteiger partial charge in [-0.25, -0.2) is 4.39 Å². The molecule has 1 aromatic rings. The monoisotopic (exact) mass is 226 g/mol. The van der Waals surface area contributed by atoms with Crippen molar-refractivity contribution >= 4 is 5.97 Å². The van der Waals surface area contributed by atoms with Crippen LogP contribution in [0.4, 0.5) is 4.39 Å². The first-order chi connectivity index (χ1) is 7.63. The Hall–Kier alpha value is -1.42. The van der Waals surface area contributed by atoms with Gasteiger partial charge in [-0.1, -0.05) is 19.1 Å². The number of aliphatic hydroxyl groups excluding tert-OH is 1. The van der Waals surface area contributed by atoms with E-state index in [2.05, 4.69) is 0 Å². The highest BCUT2D eigenvalue weighted by Crippen LogP contribution is 2.17. The Bertz CT molecular complexity index is 352. The van der Waals surface area contributed by atoms with Gasteiger partial charge in [0.1, 0.15) is 0 Å². The van der Waals surface area contributed by atoms with Gasteiger partial charge in [-0.15, -0.1) is 0 Å². The molecule has 0 bridgehead atoms. The Morgan fingerprint density at radius 3 is 2.81 bits per heavy atom. The van der Waals surface area contributed by atoms with Crippen molar-refractivity contribution in [2.24, 2.45) is 5.92 Å². The molecule has 0 radical (unpaired) electrons. The molecule has 0 amide bonds. The maximum absolute atomic E-state index is 13.1. The van der Waals surface area contributed by atoms with Crippen LogP contribution in [0.2, 0.25) is 0 Å². The third kappa shape index (κ3) is 3.98. The first kappa shape index (κ1) is 12.6. The van der Waals surface area contributed by atoms with E-state index in [1.165, 1.54) is 18.2 Å². The fourth-order valence-corrected chi connectivity index (χ4v) is 1.30. The van der Waals surface area contributed by atoms with Crippen LogP contribution in [0, 0.1) is 11.7 Å². The molecule has 0 spiro atoms. The quantitative estimate of drug-likeness (QED) is 0.618. The normalized spacial score (nSPS) is 12.2. The molecule has 0 aromatic heterocycles. The second-order valence-electron chi connectivity index (χ2n) is 3.73. The van der Waals surface area contributed by atoms with Gasteiger partial charge in [0.15, 0.2) is 11.6 Å². The molecule has 0 saturated heterocycles. The average molecular weight is 226 g/mol. The van der Waals surface area contributed by atoms with E-state index in [9.17, 15) is 9.18 Å². The highest BCUT2D eigenvalue weighted by molar-refractivity contribution is 5.72. The fourth-order valence-electron chi connectivity index (χ4n) is 1.30. The summed E-state index contributed by atoms with van der Waals surface area (Å²) in [6.07, 6.45) is 0.710. The van der Waals surface area contributed by atoms with E-state index in [1.807, 2.05) is 6.92 Å². The summed E-state index contributed by atoms with van der Waals surface area (Å²) in [6, 6.07) is 5.77. The van der Waals surface area contributed by atoms with Crippen molar-refractivity contribution in [3.05, 3.63) is 30.1 Å². The lowest BCUT2D eigenvalue weighted by Gasteiger charge is -2.09. The zero-order valence-corrected chi connectivity index (χ0v) is 9.15. The number of carbonyl (C=O) groups excluding carboxylic acids is 1. The Morgan fingerprint density at radius 1 is 1.50 bits per heavy atom. The van der Waals surface area contributed by atoms with Crippen molar-refractivity contribution in [1.82, 2.24) is 0 Å². The van der Waals surface area contributed by atoms with Gasteiger partial charge in [0.25, 0.3) is 0 Å². The largest absolute Gasteiger partial charge is 0.423 e. The predicted molar refractivity (Wildman–Crippen MR) is 57.5 cm³/mol. The number of aliphatic hydroxyl groups is 1. The molecular weight excluding hydrogens is 211 g/mol. The van der Waals surface area contributed by atoms with E-state index in [0.717, 1.165) is 0 Å². The van der Waals surface area contributed by atoms with E-state index in [0.29, 0.717) is 6.42 Å². The lowest BCUT2D eigenvalue weighted by Crippen LogP contribution is -2.13. The summed E-state index contributed by atoms with van der Waals surface area (Å²) in [6.45, 7) is 1.87. The lowest BCUT2D eigenvalue weighted by atomic mass is 10.1. The van der Waals surface area contributed by atoms with Crippen molar-refractivity contribution < 1.29 is 19.0 Å². The van der Waals surface area contributed by atoms with E-state index >= 15 is 0 Å². The van der Waals surface area contributed by atoms with E-state index in [1.54, 1.807) is 6.07 Å². The number of carbonyl (C=O) groups is 1. The molecule has 0 heterocycles. The molecule has 0 aliphatic rings. The van der Waals surface area contributed by atoms with Crippen LogP contribution in [0.1, 0.15) is 19.8 Å². The first-order valence-electron chi connectivity index (χ1n) is 5.19. The van der Waals surface area contributed by atoms with E-state index < -0.39 is 11.8 Å². The predicted octanol–water partition coefficient (Wildman–Crippen LogP) is 2.14. The minimum Gasteiger partial charge on any atom is -0.423 e. The highest BCUT2D eigenvalue weighted by Gasteiger charge is 2.12. The Morgan fingerprint density at radius 2 is 2.19 bits per heavy atom. The lowest BCUT2D eigenvalue weighted by molar-refractivity contribution is -0.135. The summed E-state index contributed by atoms with van der Waals surface area (Å²) in [5.74, 6) is -1.05. The number of ether oxygens (including phenoxy) is 1. The van der Waals surface area contributed by atoms with Crippen molar-refractivity contribution in [3.63, 3.8) is 0 Å². The van der Waals surface area contributed by atoms with Crippen LogP contribution in [0.25, 0.3) is 0 Å². The second kappa shape index (κ2) is 6.23. The Balaban J connectivity index is 2.49. The van der Waals surface area contributed by atoms with Crippen molar-refractivity contribution in [3.8, 4) is 5.75 Å². The van der Waals surface area contributed by atoms with Gasteiger partial charge in [0, 0.05) is 13.0 Å². The highest BCUT2D eigenvalue weighted by atomic mass is 19.1. The standard InChI is InChI=1S/C12H15FO3/c1-9(6-7-14)8-12(15)16-11-5-3-2-4-10(11)13/h2-5,9,14H,6-8H2,1H3. The third-order valence-corrected chi connectivity index (χ3v) is 2.20. The smallest absolute Gasteiger partial charge is 0.311 e. The number of benzene rings is 1. The van der Waals surface area contributed by atoms with Gasteiger partial charge in [0.2, 0.25) is 0 Å². The van der Waals surface area contributed by atoms with Crippen LogP contribution in [-0.2, 0) is 4.79 Å². The molecule has 0 saturated carbocycles. The SMILES string of the molecule is CC(CCO)CC(=O)Oc1ccccc1F. The van der Waals surface area contributed by atoms with E-state index in [-0.39, 0.29) is 24.7 Å². The van der Waals surface area contributed by atoms with Crippen LogP contribution < -0.4 is 4.74 Å². The average Bonchev–Trinajstić information content (AvgIpc) is 2.21. The van der Waals surface area contributed by atoms with Gasteiger partial charge in [-0.05, 0) is 24.5 Å². The Labute approximate surface area is 93.9 Å². The number of hydrogen-bond acceptors (Lipinski definition) is 3. The minimum atomic E-state index is -0.550. The molecule has 1 rings (SSSR count). The maximum atomic E-state index is 13.1. The zero-order chi connectivity index (χ0) is 12.0. The summed E-state index contributed by atoms with van der Waals surface area (Å²) >= 11 is 0. The molecule has 1 unspecified atom stereocenters. The van der Waals surface area contributed by atoms with Gasteiger partial charge >= 0.3 is 5.97 Å². The molecule has 0 aliphatic heterocycles. The van der Waals surface area contributed by atoms with Crippen LogP contribution in [0.3, 0.4) is 0 Å². The number of esters is 1. The first-order valence-corrected chi connectivity index (χ1v) is 5.19.